The summed E-state index contributed by atoms with van der Waals surface area (Å²) in [5, 5.41) is 8.23. The van der Waals surface area contributed by atoms with Crippen molar-refractivity contribution in [3.8, 4) is 0 Å². The third kappa shape index (κ3) is 2.74. The monoisotopic (exact) mass is 359 g/mol. The van der Waals surface area contributed by atoms with E-state index in [0.29, 0.717) is 11.6 Å². The van der Waals surface area contributed by atoms with Gasteiger partial charge in [0, 0.05) is 10.9 Å². The Balaban J connectivity index is 1.84. The second-order valence-corrected chi connectivity index (χ2v) is 8.22. The first-order chi connectivity index (χ1) is 11.9. The van der Waals surface area contributed by atoms with Crippen molar-refractivity contribution in [2.45, 2.75) is 52.6 Å². The number of nitrogens with one attached hydrogen (secondary N) is 1. The zero-order valence-corrected chi connectivity index (χ0v) is 15.4. The summed E-state index contributed by atoms with van der Waals surface area (Å²) < 4.78 is 2.68. The molecule has 3 heterocycles. The molecular formula is C17H21N5O2S. The lowest BCUT2D eigenvalue weighted by Gasteiger charge is -2.17. The van der Waals surface area contributed by atoms with E-state index in [1.54, 1.807) is 11.3 Å². The maximum absolute atomic E-state index is 12.6. The summed E-state index contributed by atoms with van der Waals surface area (Å²) >= 11 is 1.70. The van der Waals surface area contributed by atoms with E-state index in [1.807, 2.05) is 13.8 Å². The Hall–Kier alpha value is -2.22. The van der Waals surface area contributed by atoms with Gasteiger partial charge in [0.1, 0.15) is 17.7 Å². The highest BCUT2D eigenvalue weighted by Crippen LogP contribution is 2.38. The van der Waals surface area contributed by atoms with Crippen LogP contribution in [-0.2, 0) is 24.2 Å². The van der Waals surface area contributed by atoms with Crippen LogP contribution in [0.5, 0.6) is 0 Å². The number of fused-ring (bicyclic) bond motifs is 5. The quantitative estimate of drug-likeness (QED) is 0.772. The molecule has 8 heteroatoms. The van der Waals surface area contributed by atoms with Crippen LogP contribution in [0.25, 0.3) is 15.9 Å². The fourth-order valence-corrected chi connectivity index (χ4v) is 4.81. The van der Waals surface area contributed by atoms with Gasteiger partial charge < -0.3 is 5.32 Å². The first-order valence-corrected chi connectivity index (χ1v) is 9.43. The van der Waals surface area contributed by atoms with Crippen molar-refractivity contribution in [3.05, 3.63) is 27.3 Å². The molecule has 3 aromatic heterocycles. The van der Waals surface area contributed by atoms with E-state index < -0.39 is 0 Å². The molecule has 0 saturated heterocycles. The van der Waals surface area contributed by atoms with Crippen molar-refractivity contribution in [2.75, 3.05) is 0 Å². The molecule has 0 spiro atoms. The minimum Gasteiger partial charge on any atom is -0.352 e. The van der Waals surface area contributed by atoms with Crippen molar-refractivity contribution in [3.63, 3.8) is 0 Å². The Morgan fingerprint density at radius 1 is 1.48 bits per heavy atom. The fourth-order valence-electron chi connectivity index (χ4n) is 3.47. The van der Waals surface area contributed by atoms with Gasteiger partial charge in [-0.25, -0.2) is 18.9 Å². The van der Waals surface area contributed by atoms with Gasteiger partial charge in [0.05, 0.1) is 5.39 Å². The summed E-state index contributed by atoms with van der Waals surface area (Å²) in [5.74, 6) is 0.460. The Kier molecular flexibility index (Phi) is 3.87. The number of aromatic nitrogens is 4. The van der Waals surface area contributed by atoms with Crippen LogP contribution in [0.2, 0.25) is 0 Å². The number of nitrogens with zero attached hydrogens (tertiary/aromatic N) is 4. The minimum absolute atomic E-state index is 0.0273. The van der Waals surface area contributed by atoms with Gasteiger partial charge in [-0.3, -0.25) is 4.79 Å². The van der Waals surface area contributed by atoms with Crippen LogP contribution >= 0.6 is 11.3 Å². The van der Waals surface area contributed by atoms with E-state index in [1.165, 1.54) is 25.9 Å². The van der Waals surface area contributed by atoms with Crippen molar-refractivity contribution in [1.29, 1.82) is 0 Å². The molecule has 0 fully saturated rings. The average molecular weight is 359 g/mol. The highest BCUT2D eigenvalue weighted by atomic mass is 32.1. The van der Waals surface area contributed by atoms with Crippen LogP contribution in [0.4, 0.5) is 0 Å². The van der Waals surface area contributed by atoms with Gasteiger partial charge >= 0.3 is 5.69 Å². The zero-order chi connectivity index (χ0) is 17.7. The predicted octanol–water partition coefficient (Wildman–Crippen LogP) is 1.76. The number of thiophene rings is 1. The van der Waals surface area contributed by atoms with Gasteiger partial charge in [-0.1, -0.05) is 6.92 Å². The van der Waals surface area contributed by atoms with E-state index in [-0.39, 0.29) is 24.2 Å². The lowest BCUT2D eigenvalue weighted by atomic mass is 9.89. The molecular weight excluding hydrogens is 338 g/mol. The Morgan fingerprint density at radius 3 is 3.04 bits per heavy atom. The summed E-state index contributed by atoms with van der Waals surface area (Å²) in [4.78, 5) is 31.3. The summed E-state index contributed by atoms with van der Waals surface area (Å²) in [6, 6.07) is 0.0273. The van der Waals surface area contributed by atoms with Crippen LogP contribution in [0.15, 0.2) is 11.1 Å². The second kappa shape index (κ2) is 5.94. The van der Waals surface area contributed by atoms with Gasteiger partial charge in [0.2, 0.25) is 5.91 Å². The van der Waals surface area contributed by atoms with Gasteiger partial charge in [-0.2, -0.15) is 0 Å². The molecule has 25 heavy (non-hydrogen) atoms. The molecule has 0 aliphatic heterocycles. The van der Waals surface area contributed by atoms with Crippen LogP contribution in [0, 0.1) is 5.92 Å². The van der Waals surface area contributed by atoms with E-state index in [2.05, 4.69) is 22.3 Å². The Bertz CT molecular complexity index is 1030. The third-order valence-corrected chi connectivity index (χ3v) is 5.78. The molecule has 1 N–H and O–H groups in total. The smallest absolute Gasteiger partial charge is 0.352 e. The van der Waals surface area contributed by atoms with Gasteiger partial charge in [0.25, 0.3) is 0 Å². The molecule has 4 rings (SSSR count). The molecule has 1 amide bonds. The highest BCUT2D eigenvalue weighted by Gasteiger charge is 2.24. The SMILES string of the molecule is CC(C)NC(=O)Cn1nc2c3c4c(sc3ncn2c1=O)C[C@H](C)CC4. The minimum atomic E-state index is -0.326. The summed E-state index contributed by atoms with van der Waals surface area (Å²) in [5.41, 5.74) is 1.56. The number of carbonyl (C=O) groups excluding carboxylic acids is 1. The molecule has 0 unspecified atom stereocenters. The maximum Gasteiger partial charge on any atom is 0.352 e. The molecule has 132 valence electrons. The van der Waals surface area contributed by atoms with Gasteiger partial charge in [-0.05, 0) is 44.6 Å². The average Bonchev–Trinajstić information content (AvgIpc) is 3.04. The molecule has 0 saturated carbocycles. The van der Waals surface area contributed by atoms with E-state index >= 15 is 0 Å². The Morgan fingerprint density at radius 2 is 2.28 bits per heavy atom. The molecule has 1 aliphatic carbocycles. The van der Waals surface area contributed by atoms with Crippen molar-refractivity contribution in [2.24, 2.45) is 5.92 Å². The molecule has 0 bridgehead atoms. The van der Waals surface area contributed by atoms with Crippen molar-refractivity contribution < 1.29 is 4.79 Å². The van der Waals surface area contributed by atoms with Crippen LogP contribution in [0.1, 0.15) is 37.6 Å². The van der Waals surface area contributed by atoms with E-state index in [4.69, 9.17) is 0 Å². The molecule has 1 aliphatic rings. The number of carbonyl (C=O) groups is 1. The molecule has 7 nitrogen and oxygen atoms in total. The predicted molar refractivity (Wildman–Crippen MR) is 97.1 cm³/mol. The number of hydrogen-bond acceptors (Lipinski definition) is 5. The largest absolute Gasteiger partial charge is 0.352 e. The molecule has 1 atom stereocenters. The van der Waals surface area contributed by atoms with Gasteiger partial charge in [0.15, 0.2) is 5.65 Å². The first kappa shape index (κ1) is 16.3. The number of amides is 1. The van der Waals surface area contributed by atoms with Crippen LogP contribution in [0.3, 0.4) is 0 Å². The topological polar surface area (TPSA) is 81.3 Å². The number of rotatable bonds is 3. The van der Waals surface area contributed by atoms with Crippen LogP contribution < -0.4 is 11.0 Å². The van der Waals surface area contributed by atoms with Crippen LogP contribution in [-0.4, -0.2) is 31.1 Å². The molecule has 0 radical (unpaired) electrons. The normalized spacial score (nSPS) is 17.4. The summed E-state index contributed by atoms with van der Waals surface area (Å²) in [6.07, 6.45) is 4.72. The summed E-state index contributed by atoms with van der Waals surface area (Å²) in [7, 11) is 0. The first-order valence-electron chi connectivity index (χ1n) is 8.62. The lowest BCUT2D eigenvalue weighted by Crippen LogP contribution is -2.36. The summed E-state index contributed by atoms with van der Waals surface area (Å²) in [6.45, 7) is 5.96. The third-order valence-electron chi connectivity index (χ3n) is 4.62. The highest BCUT2D eigenvalue weighted by molar-refractivity contribution is 7.19. The lowest BCUT2D eigenvalue weighted by molar-refractivity contribution is -0.122. The van der Waals surface area contributed by atoms with E-state index in [0.717, 1.165) is 29.5 Å². The standard InChI is InChI=1S/C17H21N5O2S/c1-9(2)19-13(23)7-22-17(24)21-8-18-16-14(15(21)20-22)11-5-4-10(3)6-12(11)25-16/h8-10H,4-7H2,1-3H3,(H,19,23)/t10-/m1/s1. The second-order valence-electron chi connectivity index (χ2n) is 7.13. The number of hydrogen-bond donors (Lipinski definition) is 1. The Labute approximate surface area is 148 Å². The molecule has 0 aromatic carbocycles. The van der Waals surface area contributed by atoms with E-state index in [9.17, 15) is 9.59 Å². The maximum atomic E-state index is 12.6. The fraction of sp³-hybridized carbons (Fsp3) is 0.529. The van der Waals surface area contributed by atoms with Crippen molar-refractivity contribution >= 4 is 33.1 Å². The zero-order valence-electron chi connectivity index (χ0n) is 14.6. The van der Waals surface area contributed by atoms with Gasteiger partial charge in [-0.15, -0.1) is 16.4 Å². The number of aryl methyl sites for hydroxylation is 1. The molecule has 3 aromatic rings. The van der Waals surface area contributed by atoms with Crippen molar-refractivity contribution in [1.82, 2.24) is 24.5 Å².